The van der Waals surface area contributed by atoms with Crippen LogP contribution in [0.1, 0.15) is 9.67 Å². The van der Waals surface area contributed by atoms with Crippen LogP contribution in [0.15, 0.2) is 28.1 Å². The van der Waals surface area contributed by atoms with Gasteiger partial charge < -0.3 is 11.1 Å². The summed E-state index contributed by atoms with van der Waals surface area (Å²) in [5.74, 6) is -2.22. The van der Waals surface area contributed by atoms with Crippen LogP contribution in [0.25, 0.3) is 0 Å². The predicted octanol–water partition coefficient (Wildman–Crippen LogP) is 3.62. The number of carbonyl (C=O) groups is 1. The van der Waals surface area contributed by atoms with Crippen LogP contribution in [0.5, 0.6) is 0 Å². The molecule has 0 saturated heterocycles. The van der Waals surface area contributed by atoms with E-state index in [-0.39, 0.29) is 11.4 Å². The monoisotopic (exact) mass is 332 g/mol. The van der Waals surface area contributed by atoms with E-state index in [0.717, 1.165) is 6.07 Å². The summed E-state index contributed by atoms with van der Waals surface area (Å²) in [5, 5.41) is 4.06. The Kier molecular flexibility index (Phi) is 3.63. The van der Waals surface area contributed by atoms with E-state index < -0.39 is 17.5 Å². The largest absolute Gasteiger partial charge is 0.396 e. The molecule has 0 aliphatic rings. The Bertz CT molecular complexity index is 615. The number of nitrogens with two attached hydrogens (primary N) is 1. The van der Waals surface area contributed by atoms with Crippen molar-refractivity contribution in [3.05, 3.63) is 44.6 Å². The second kappa shape index (κ2) is 5.03. The van der Waals surface area contributed by atoms with Crippen LogP contribution in [0.2, 0.25) is 0 Å². The molecule has 0 atom stereocenters. The van der Waals surface area contributed by atoms with Gasteiger partial charge in [0.2, 0.25) is 0 Å². The highest BCUT2D eigenvalue weighted by molar-refractivity contribution is 9.10. The highest BCUT2D eigenvalue weighted by Gasteiger charge is 2.15. The fourth-order valence-electron chi connectivity index (χ4n) is 1.30. The molecule has 1 aromatic heterocycles. The Morgan fingerprint density at radius 2 is 2.06 bits per heavy atom. The zero-order valence-electron chi connectivity index (χ0n) is 8.84. The highest BCUT2D eigenvalue weighted by atomic mass is 79.9. The first-order chi connectivity index (χ1) is 8.49. The van der Waals surface area contributed by atoms with Crippen molar-refractivity contribution >= 4 is 44.5 Å². The van der Waals surface area contributed by atoms with Gasteiger partial charge in [-0.25, -0.2) is 8.78 Å². The first-order valence-electron chi connectivity index (χ1n) is 4.78. The molecule has 1 amide bonds. The summed E-state index contributed by atoms with van der Waals surface area (Å²) in [6, 6.07) is 3.38. The highest BCUT2D eigenvalue weighted by Crippen LogP contribution is 2.26. The van der Waals surface area contributed by atoms with Crippen molar-refractivity contribution < 1.29 is 13.6 Å². The van der Waals surface area contributed by atoms with Gasteiger partial charge in [0, 0.05) is 10.5 Å². The lowest BCUT2D eigenvalue weighted by molar-refractivity contribution is 0.102. The normalized spacial score (nSPS) is 10.4. The molecule has 0 saturated carbocycles. The molecule has 2 rings (SSSR count). The van der Waals surface area contributed by atoms with Gasteiger partial charge in [0.25, 0.3) is 5.91 Å². The standard InChI is InChI=1S/C11H7BrF2N2OS/c12-5-1-2-18-10(5)11(17)16-9-4-8(15)6(13)3-7(9)14/h1-4H,15H2,(H,16,17). The van der Waals surface area contributed by atoms with Gasteiger partial charge in [0.05, 0.1) is 11.4 Å². The van der Waals surface area contributed by atoms with E-state index in [2.05, 4.69) is 21.2 Å². The van der Waals surface area contributed by atoms with Crippen molar-refractivity contribution in [1.29, 1.82) is 0 Å². The SMILES string of the molecule is Nc1cc(NC(=O)c2sccc2Br)c(F)cc1F. The maximum Gasteiger partial charge on any atom is 0.266 e. The van der Waals surface area contributed by atoms with E-state index in [1.165, 1.54) is 11.3 Å². The topological polar surface area (TPSA) is 55.1 Å². The summed E-state index contributed by atoms with van der Waals surface area (Å²) in [7, 11) is 0. The summed E-state index contributed by atoms with van der Waals surface area (Å²) in [4.78, 5) is 12.2. The average molecular weight is 333 g/mol. The summed E-state index contributed by atoms with van der Waals surface area (Å²) in [5.41, 5.74) is 4.94. The minimum absolute atomic E-state index is 0.154. The molecule has 0 spiro atoms. The average Bonchev–Trinajstić information content (AvgIpc) is 2.72. The van der Waals surface area contributed by atoms with Gasteiger partial charge in [-0.3, -0.25) is 4.79 Å². The van der Waals surface area contributed by atoms with Crippen molar-refractivity contribution in [3.8, 4) is 0 Å². The predicted molar refractivity (Wildman–Crippen MR) is 70.7 cm³/mol. The third kappa shape index (κ3) is 2.51. The third-order valence-electron chi connectivity index (χ3n) is 2.16. The molecule has 3 N–H and O–H groups in total. The van der Waals surface area contributed by atoms with E-state index >= 15 is 0 Å². The number of nitrogen functional groups attached to an aromatic ring is 1. The second-order valence-corrected chi connectivity index (χ2v) is 5.18. The molecule has 0 unspecified atom stereocenters. The van der Waals surface area contributed by atoms with Crippen LogP contribution in [-0.4, -0.2) is 5.91 Å². The van der Waals surface area contributed by atoms with E-state index in [0.29, 0.717) is 15.4 Å². The van der Waals surface area contributed by atoms with E-state index in [4.69, 9.17) is 5.73 Å². The molecule has 94 valence electrons. The number of benzene rings is 1. The van der Waals surface area contributed by atoms with Gasteiger partial charge in [0.15, 0.2) is 0 Å². The number of nitrogens with one attached hydrogen (secondary N) is 1. The summed E-state index contributed by atoms with van der Waals surface area (Å²) in [6.07, 6.45) is 0. The molecule has 3 nitrogen and oxygen atoms in total. The Hall–Kier alpha value is -1.47. The Labute approximate surface area is 114 Å². The van der Waals surface area contributed by atoms with E-state index in [1.807, 2.05) is 0 Å². The number of hydrogen-bond acceptors (Lipinski definition) is 3. The number of rotatable bonds is 2. The lowest BCUT2D eigenvalue weighted by Crippen LogP contribution is -2.12. The van der Waals surface area contributed by atoms with Gasteiger partial charge in [0.1, 0.15) is 16.5 Å². The van der Waals surface area contributed by atoms with Gasteiger partial charge in [-0.05, 0) is 33.4 Å². The minimum atomic E-state index is -0.872. The second-order valence-electron chi connectivity index (χ2n) is 3.41. The third-order valence-corrected chi connectivity index (χ3v) is 3.99. The molecular formula is C11H7BrF2N2OS. The zero-order chi connectivity index (χ0) is 13.3. The lowest BCUT2D eigenvalue weighted by atomic mass is 10.2. The van der Waals surface area contributed by atoms with Crippen molar-refractivity contribution in [2.45, 2.75) is 0 Å². The molecule has 1 heterocycles. The molecule has 2 aromatic rings. The van der Waals surface area contributed by atoms with Crippen LogP contribution >= 0.6 is 27.3 Å². The number of halogens is 3. The first-order valence-corrected chi connectivity index (χ1v) is 6.45. The molecule has 7 heteroatoms. The van der Waals surface area contributed by atoms with Crippen LogP contribution in [-0.2, 0) is 0 Å². The Morgan fingerprint density at radius 3 is 2.67 bits per heavy atom. The number of amides is 1. The number of thiophene rings is 1. The molecule has 18 heavy (non-hydrogen) atoms. The smallest absolute Gasteiger partial charge is 0.266 e. The van der Waals surface area contributed by atoms with Gasteiger partial charge in [-0.15, -0.1) is 11.3 Å². The molecule has 1 aromatic carbocycles. The fourth-order valence-corrected chi connectivity index (χ4v) is 2.74. The maximum atomic E-state index is 13.4. The van der Waals surface area contributed by atoms with E-state index in [1.54, 1.807) is 11.4 Å². The fraction of sp³-hybridized carbons (Fsp3) is 0. The lowest BCUT2D eigenvalue weighted by Gasteiger charge is -2.07. The van der Waals surface area contributed by atoms with Crippen LogP contribution in [0.3, 0.4) is 0 Å². The first kappa shape index (κ1) is 13.0. The van der Waals surface area contributed by atoms with Gasteiger partial charge >= 0.3 is 0 Å². The molecule has 0 aliphatic carbocycles. The van der Waals surface area contributed by atoms with Crippen molar-refractivity contribution in [2.24, 2.45) is 0 Å². The van der Waals surface area contributed by atoms with Crippen molar-refractivity contribution in [2.75, 3.05) is 11.1 Å². The zero-order valence-corrected chi connectivity index (χ0v) is 11.2. The molecule has 0 radical (unpaired) electrons. The number of anilines is 2. The number of carbonyl (C=O) groups excluding carboxylic acids is 1. The van der Waals surface area contributed by atoms with Crippen LogP contribution < -0.4 is 11.1 Å². The Morgan fingerprint density at radius 1 is 1.33 bits per heavy atom. The summed E-state index contributed by atoms with van der Waals surface area (Å²) < 4.78 is 27.0. The quantitative estimate of drug-likeness (QED) is 0.825. The van der Waals surface area contributed by atoms with Crippen LogP contribution in [0, 0.1) is 11.6 Å². The molecule has 0 aliphatic heterocycles. The van der Waals surface area contributed by atoms with E-state index in [9.17, 15) is 13.6 Å². The summed E-state index contributed by atoms with van der Waals surface area (Å²) in [6.45, 7) is 0. The van der Waals surface area contributed by atoms with Crippen molar-refractivity contribution in [3.63, 3.8) is 0 Å². The van der Waals surface area contributed by atoms with Crippen molar-refractivity contribution in [1.82, 2.24) is 0 Å². The van der Waals surface area contributed by atoms with Crippen LogP contribution in [0.4, 0.5) is 20.2 Å². The van der Waals surface area contributed by atoms with Gasteiger partial charge in [-0.1, -0.05) is 0 Å². The number of hydrogen-bond donors (Lipinski definition) is 2. The minimum Gasteiger partial charge on any atom is -0.396 e. The molecular weight excluding hydrogens is 326 g/mol. The van der Waals surface area contributed by atoms with Gasteiger partial charge in [-0.2, -0.15) is 0 Å². The molecule has 0 fully saturated rings. The molecule has 0 bridgehead atoms. The summed E-state index contributed by atoms with van der Waals surface area (Å²) >= 11 is 4.40. The maximum absolute atomic E-state index is 13.4. The Balaban J connectivity index is 2.28.